The van der Waals surface area contributed by atoms with Crippen molar-refractivity contribution in [2.24, 2.45) is 5.41 Å². The van der Waals surface area contributed by atoms with Crippen molar-refractivity contribution < 1.29 is 13.2 Å². The molecular weight excluding hydrogens is 368 g/mol. The van der Waals surface area contributed by atoms with Crippen molar-refractivity contribution in [2.45, 2.75) is 31.7 Å². The van der Waals surface area contributed by atoms with E-state index in [1.807, 2.05) is 17.5 Å². The summed E-state index contributed by atoms with van der Waals surface area (Å²) in [4.78, 5) is 13.9. The summed E-state index contributed by atoms with van der Waals surface area (Å²) in [5.41, 5.74) is 0.118. The minimum absolute atomic E-state index is 0.0513. The lowest BCUT2D eigenvalue weighted by Gasteiger charge is -2.30. The summed E-state index contributed by atoms with van der Waals surface area (Å²) in [6.07, 6.45) is 1.46. The molecule has 5 nitrogen and oxygen atoms in total. The van der Waals surface area contributed by atoms with Gasteiger partial charge in [0.1, 0.15) is 0 Å². The van der Waals surface area contributed by atoms with E-state index in [0.29, 0.717) is 5.56 Å². The van der Waals surface area contributed by atoms with Crippen molar-refractivity contribution in [1.29, 1.82) is 0 Å². The molecule has 1 aromatic carbocycles. The Balaban J connectivity index is 2.27. The number of carbonyl (C=O) groups is 1. The molecule has 0 fully saturated rings. The Hall–Kier alpha value is -1.96. The fourth-order valence-electron chi connectivity index (χ4n) is 2.44. The van der Waals surface area contributed by atoms with E-state index in [-0.39, 0.29) is 28.8 Å². The Morgan fingerprint density at radius 1 is 1.27 bits per heavy atom. The van der Waals surface area contributed by atoms with Crippen molar-refractivity contribution >= 4 is 27.3 Å². The van der Waals surface area contributed by atoms with Crippen LogP contribution in [0.1, 0.15) is 42.0 Å². The van der Waals surface area contributed by atoms with Gasteiger partial charge < -0.3 is 5.32 Å². The van der Waals surface area contributed by atoms with Gasteiger partial charge in [0.15, 0.2) is 0 Å². The van der Waals surface area contributed by atoms with Crippen LogP contribution in [-0.4, -0.2) is 20.9 Å². The SMILES string of the molecule is C=CCNS(=O)(=O)c1cccc(C(=O)N[C@@H](c2cccs2)C(C)(C)C)c1. The highest BCUT2D eigenvalue weighted by atomic mass is 32.2. The first-order valence-corrected chi connectivity index (χ1v) is 10.6. The number of amides is 1. The number of nitrogens with one attached hydrogen (secondary N) is 2. The topological polar surface area (TPSA) is 75.3 Å². The molecule has 2 aromatic rings. The number of hydrogen-bond donors (Lipinski definition) is 2. The number of benzene rings is 1. The number of rotatable bonds is 7. The molecule has 1 heterocycles. The van der Waals surface area contributed by atoms with Crippen LogP contribution in [-0.2, 0) is 10.0 Å². The van der Waals surface area contributed by atoms with Crippen LogP contribution in [0, 0.1) is 5.41 Å². The van der Waals surface area contributed by atoms with Gasteiger partial charge in [-0.1, -0.05) is 39.0 Å². The van der Waals surface area contributed by atoms with Crippen molar-refractivity contribution in [1.82, 2.24) is 10.0 Å². The van der Waals surface area contributed by atoms with Crippen LogP contribution in [0.3, 0.4) is 0 Å². The average Bonchev–Trinajstić information content (AvgIpc) is 3.10. The third-order valence-electron chi connectivity index (χ3n) is 3.79. The number of thiophene rings is 1. The van der Waals surface area contributed by atoms with E-state index < -0.39 is 10.0 Å². The second kappa shape index (κ2) is 8.16. The van der Waals surface area contributed by atoms with Gasteiger partial charge in [0.05, 0.1) is 10.9 Å². The molecule has 2 rings (SSSR count). The van der Waals surface area contributed by atoms with Gasteiger partial charge >= 0.3 is 0 Å². The third kappa shape index (κ3) is 5.03. The zero-order valence-corrected chi connectivity index (χ0v) is 16.8. The summed E-state index contributed by atoms with van der Waals surface area (Å²) in [5.74, 6) is -0.306. The molecule has 0 saturated heterocycles. The van der Waals surface area contributed by atoms with E-state index in [4.69, 9.17) is 0 Å². The molecule has 0 aliphatic heterocycles. The molecule has 1 amide bonds. The predicted molar refractivity (Wildman–Crippen MR) is 106 cm³/mol. The maximum Gasteiger partial charge on any atom is 0.251 e. The van der Waals surface area contributed by atoms with Gasteiger partial charge in [-0.05, 0) is 35.1 Å². The van der Waals surface area contributed by atoms with E-state index in [1.165, 1.54) is 18.2 Å². The van der Waals surface area contributed by atoms with Crippen molar-refractivity contribution in [3.8, 4) is 0 Å². The lowest BCUT2D eigenvalue weighted by molar-refractivity contribution is 0.0903. The van der Waals surface area contributed by atoms with Crippen LogP contribution in [0.4, 0.5) is 0 Å². The van der Waals surface area contributed by atoms with Gasteiger partial charge in [-0.3, -0.25) is 4.79 Å². The second-order valence-electron chi connectivity index (χ2n) is 6.96. The summed E-state index contributed by atoms with van der Waals surface area (Å²) in [6, 6.07) is 9.78. The molecule has 0 radical (unpaired) electrons. The number of sulfonamides is 1. The molecular formula is C19H24N2O3S2. The minimum atomic E-state index is -3.68. The molecule has 0 spiro atoms. The molecule has 0 saturated carbocycles. The van der Waals surface area contributed by atoms with Crippen LogP contribution >= 0.6 is 11.3 Å². The molecule has 140 valence electrons. The van der Waals surface area contributed by atoms with E-state index >= 15 is 0 Å². The summed E-state index contributed by atoms with van der Waals surface area (Å²) >= 11 is 1.58. The van der Waals surface area contributed by atoms with Crippen LogP contribution in [0.15, 0.2) is 59.3 Å². The van der Waals surface area contributed by atoms with E-state index in [2.05, 4.69) is 37.4 Å². The van der Waals surface area contributed by atoms with Crippen molar-refractivity contribution in [3.63, 3.8) is 0 Å². The van der Waals surface area contributed by atoms with Crippen molar-refractivity contribution in [3.05, 3.63) is 64.9 Å². The van der Waals surface area contributed by atoms with Crippen LogP contribution in [0.5, 0.6) is 0 Å². The molecule has 0 unspecified atom stereocenters. The first-order chi connectivity index (χ1) is 12.1. The number of carbonyl (C=O) groups excluding carboxylic acids is 1. The highest BCUT2D eigenvalue weighted by Gasteiger charge is 2.29. The first-order valence-electron chi connectivity index (χ1n) is 8.20. The molecule has 0 aliphatic rings. The van der Waals surface area contributed by atoms with Gasteiger partial charge in [-0.15, -0.1) is 17.9 Å². The Morgan fingerprint density at radius 2 is 2.00 bits per heavy atom. The van der Waals surface area contributed by atoms with Crippen LogP contribution < -0.4 is 10.0 Å². The fourth-order valence-corrected chi connectivity index (χ4v) is 4.50. The third-order valence-corrected chi connectivity index (χ3v) is 6.15. The van der Waals surface area contributed by atoms with Crippen molar-refractivity contribution in [2.75, 3.05) is 6.54 Å². The Morgan fingerprint density at radius 3 is 2.58 bits per heavy atom. The highest BCUT2D eigenvalue weighted by molar-refractivity contribution is 7.89. The maximum atomic E-state index is 12.8. The largest absolute Gasteiger partial charge is 0.344 e. The monoisotopic (exact) mass is 392 g/mol. The first kappa shape index (κ1) is 20.4. The molecule has 7 heteroatoms. The van der Waals surface area contributed by atoms with Gasteiger partial charge in [0, 0.05) is 17.0 Å². The lowest BCUT2D eigenvalue weighted by atomic mass is 9.85. The Labute approximate surface area is 159 Å². The maximum absolute atomic E-state index is 12.8. The summed E-state index contributed by atoms with van der Waals surface area (Å²) in [5, 5.41) is 5.01. The molecule has 2 N–H and O–H groups in total. The molecule has 0 bridgehead atoms. The van der Waals surface area contributed by atoms with Gasteiger partial charge in [-0.2, -0.15) is 0 Å². The fraction of sp³-hybridized carbons (Fsp3) is 0.316. The van der Waals surface area contributed by atoms with Gasteiger partial charge in [0.2, 0.25) is 10.0 Å². The zero-order valence-electron chi connectivity index (χ0n) is 15.2. The Bertz CT molecular complexity index is 866. The van der Waals surface area contributed by atoms with E-state index in [9.17, 15) is 13.2 Å². The van der Waals surface area contributed by atoms with E-state index in [0.717, 1.165) is 4.88 Å². The normalized spacial score (nSPS) is 13.2. The predicted octanol–water partition coefficient (Wildman–Crippen LogP) is 3.73. The quantitative estimate of drug-likeness (QED) is 0.705. The lowest BCUT2D eigenvalue weighted by Crippen LogP contribution is -2.36. The van der Waals surface area contributed by atoms with Crippen LogP contribution in [0.2, 0.25) is 0 Å². The summed E-state index contributed by atoms with van der Waals surface area (Å²) in [7, 11) is -3.68. The zero-order chi connectivity index (χ0) is 19.4. The smallest absolute Gasteiger partial charge is 0.251 e. The average molecular weight is 393 g/mol. The van der Waals surface area contributed by atoms with E-state index in [1.54, 1.807) is 23.5 Å². The molecule has 1 atom stereocenters. The highest BCUT2D eigenvalue weighted by Crippen LogP contribution is 2.35. The second-order valence-corrected chi connectivity index (χ2v) is 9.70. The van der Waals surface area contributed by atoms with Gasteiger partial charge in [0.25, 0.3) is 5.91 Å². The minimum Gasteiger partial charge on any atom is -0.344 e. The number of hydrogen-bond acceptors (Lipinski definition) is 4. The standard InChI is InChI=1S/C19H24N2O3S2/c1-5-11-20-26(23,24)15-9-6-8-14(13-15)18(22)21-17(19(2,3)4)16-10-7-12-25-16/h5-10,12-13,17,20H,1,11H2,2-4H3,(H,21,22)/t17-/m0/s1. The molecule has 1 aromatic heterocycles. The summed E-state index contributed by atoms with van der Waals surface area (Å²) < 4.78 is 26.9. The molecule has 0 aliphatic carbocycles. The van der Waals surface area contributed by atoms with Crippen LogP contribution in [0.25, 0.3) is 0 Å². The summed E-state index contributed by atoms with van der Waals surface area (Å²) in [6.45, 7) is 9.78. The van der Waals surface area contributed by atoms with Gasteiger partial charge in [-0.25, -0.2) is 13.1 Å². The molecule has 26 heavy (non-hydrogen) atoms. The Kier molecular flexibility index (Phi) is 6.39.